The summed E-state index contributed by atoms with van der Waals surface area (Å²) in [7, 11) is -3.31. The van der Waals surface area contributed by atoms with Crippen molar-refractivity contribution in [2.24, 2.45) is 0 Å². The van der Waals surface area contributed by atoms with Gasteiger partial charge in [-0.05, 0) is 30.7 Å². The number of nitrogens with zero attached hydrogens (tertiary/aromatic N) is 1. The first-order chi connectivity index (χ1) is 9.89. The molecule has 1 aromatic heterocycles. The van der Waals surface area contributed by atoms with E-state index < -0.39 is 9.84 Å². The summed E-state index contributed by atoms with van der Waals surface area (Å²) >= 11 is 6.15. The predicted molar refractivity (Wildman–Crippen MR) is 84.1 cm³/mol. The van der Waals surface area contributed by atoms with E-state index in [0.29, 0.717) is 17.1 Å². The summed E-state index contributed by atoms with van der Waals surface area (Å²) < 4.78 is 23.6. The first kappa shape index (κ1) is 15.9. The van der Waals surface area contributed by atoms with Crippen molar-refractivity contribution in [3.8, 4) is 0 Å². The molecule has 0 radical (unpaired) electrons. The maximum Gasteiger partial charge on any atom is 0.175 e. The average molecular weight is 325 g/mol. The second kappa shape index (κ2) is 6.56. The van der Waals surface area contributed by atoms with E-state index in [9.17, 15) is 8.42 Å². The molecule has 1 aromatic carbocycles. The molecule has 0 aliphatic rings. The molecule has 1 heterocycles. The van der Waals surface area contributed by atoms with E-state index in [1.165, 1.54) is 6.26 Å². The molecule has 0 spiro atoms. The zero-order chi connectivity index (χ0) is 15.5. The van der Waals surface area contributed by atoms with E-state index in [1.807, 2.05) is 19.1 Å². The van der Waals surface area contributed by atoms with Crippen LogP contribution in [0, 0.1) is 0 Å². The third-order valence-corrected chi connectivity index (χ3v) is 4.78. The Balaban J connectivity index is 2.21. The van der Waals surface area contributed by atoms with Gasteiger partial charge in [0.15, 0.2) is 9.84 Å². The van der Waals surface area contributed by atoms with Crippen LogP contribution in [-0.2, 0) is 16.4 Å². The van der Waals surface area contributed by atoms with Gasteiger partial charge in [-0.2, -0.15) is 0 Å². The van der Waals surface area contributed by atoms with E-state index in [4.69, 9.17) is 11.6 Å². The molecule has 0 saturated heterocycles. The minimum absolute atomic E-state index is 0.0439. The molecule has 0 aliphatic carbocycles. The van der Waals surface area contributed by atoms with Crippen LogP contribution < -0.4 is 5.32 Å². The Morgan fingerprint density at radius 1 is 1.29 bits per heavy atom. The van der Waals surface area contributed by atoms with Crippen LogP contribution in [0.15, 0.2) is 47.6 Å². The van der Waals surface area contributed by atoms with Gasteiger partial charge in [0, 0.05) is 41.8 Å². The molecule has 1 atom stereocenters. The maximum absolute atomic E-state index is 11.8. The second-order valence-corrected chi connectivity index (χ2v) is 7.27. The molecule has 0 amide bonds. The predicted octanol–water partition coefficient (Wildman–Crippen LogP) is 2.99. The molecule has 4 nitrogen and oxygen atoms in total. The van der Waals surface area contributed by atoms with Gasteiger partial charge in [-0.3, -0.25) is 4.98 Å². The number of nitrogens with one attached hydrogen (secondary N) is 1. The molecule has 0 aliphatic heterocycles. The molecular formula is C15H17ClN2O2S. The quantitative estimate of drug-likeness (QED) is 0.918. The van der Waals surface area contributed by atoms with Gasteiger partial charge in [-0.15, -0.1) is 0 Å². The van der Waals surface area contributed by atoms with Crippen molar-refractivity contribution in [3.05, 3.63) is 58.9 Å². The summed E-state index contributed by atoms with van der Waals surface area (Å²) in [5.41, 5.74) is 1.63. The van der Waals surface area contributed by atoms with E-state index in [2.05, 4.69) is 10.3 Å². The Bertz CT molecular complexity index is 718. The van der Waals surface area contributed by atoms with E-state index >= 15 is 0 Å². The van der Waals surface area contributed by atoms with Gasteiger partial charge >= 0.3 is 0 Å². The normalized spacial score (nSPS) is 13.1. The van der Waals surface area contributed by atoms with Crippen molar-refractivity contribution in [2.45, 2.75) is 24.4 Å². The summed E-state index contributed by atoms with van der Waals surface area (Å²) in [6.45, 7) is 2.37. The molecule has 2 rings (SSSR count). The van der Waals surface area contributed by atoms with Crippen molar-refractivity contribution >= 4 is 21.4 Å². The highest BCUT2D eigenvalue weighted by Crippen LogP contribution is 2.24. The van der Waals surface area contributed by atoms with Gasteiger partial charge in [-0.25, -0.2) is 8.42 Å². The lowest BCUT2D eigenvalue weighted by molar-refractivity contribution is 0.564. The van der Waals surface area contributed by atoms with Gasteiger partial charge in [-0.1, -0.05) is 23.7 Å². The fraction of sp³-hybridized carbons (Fsp3) is 0.267. The third kappa shape index (κ3) is 4.03. The minimum Gasteiger partial charge on any atom is -0.306 e. The second-order valence-electron chi connectivity index (χ2n) is 4.88. The molecule has 0 bridgehead atoms. The number of hydrogen-bond donors (Lipinski definition) is 1. The van der Waals surface area contributed by atoms with Crippen LogP contribution in [0.2, 0.25) is 5.02 Å². The molecule has 21 heavy (non-hydrogen) atoms. The smallest absolute Gasteiger partial charge is 0.175 e. The Kier molecular flexibility index (Phi) is 4.98. The summed E-state index contributed by atoms with van der Waals surface area (Å²) in [6.07, 6.45) is 4.68. The number of hydrogen-bond acceptors (Lipinski definition) is 4. The standard InChI is InChI=1S/C15H17ClN2O2S/c1-11(12-5-4-8-17-9-12)18-10-13-14(16)6-3-7-15(13)21(2,19)20/h3-9,11,18H,10H2,1-2H3/t11-/m1/s1. The van der Waals surface area contributed by atoms with Crippen molar-refractivity contribution < 1.29 is 8.42 Å². The zero-order valence-electron chi connectivity index (χ0n) is 11.9. The molecular weight excluding hydrogens is 308 g/mol. The largest absolute Gasteiger partial charge is 0.306 e. The summed E-state index contributed by atoms with van der Waals surface area (Å²) in [5, 5.41) is 3.73. The van der Waals surface area contributed by atoms with Gasteiger partial charge in [0.2, 0.25) is 0 Å². The van der Waals surface area contributed by atoms with Crippen LogP contribution in [0.1, 0.15) is 24.1 Å². The van der Waals surface area contributed by atoms with Crippen LogP contribution >= 0.6 is 11.6 Å². The third-order valence-electron chi connectivity index (χ3n) is 3.24. The van der Waals surface area contributed by atoms with Crippen LogP contribution in [0.5, 0.6) is 0 Å². The molecule has 6 heteroatoms. The van der Waals surface area contributed by atoms with Crippen LogP contribution in [0.3, 0.4) is 0 Å². The Labute approximate surface area is 130 Å². The molecule has 0 fully saturated rings. The number of benzene rings is 1. The van der Waals surface area contributed by atoms with Gasteiger partial charge in [0.25, 0.3) is 0 Å². The highest BCUT2D eigenvalue weighted by atomic mass is 35.5. The van der Waals surface area contributed by atoms with Gasteiger partial charge < -0.3 is 5.32 Å². The lowest BCUT2D eigenvalue weighted by Crippen LogP contribution is -2.20. The fourth-order valence-corrected chi connectivity index (χ4v) is 3.32. The molecule has 0 saturated carbocycles. The van der Waals surface area contributed by atoms with E-state index in [0.717, 1.165) is 5.56 Å². The van der Waals surface area contributed by atoms with Crippen molar-refractivity contribution in [3.63, 3.8) is 0 Å². The van der Waals surface area contributed by atoms with Crippen molar-refractivity contribution in [2.75, 3.05) is 6.26 Å². The van der Waals surface area contributed by atoms with Gasteiger partial charge in [0.1, 0.15) is 0 Å². The maximum atomic E-state index is 11.8. The topological polar surface area (TPSA) is 59.1 Å². The average Bonchev–Trinajstić information content (AvgIpc) is 2.45. The number of sulfone groups is 1. The van der Waals surface area contributed by atoms with Crippen molar-refractivity contribution in [1.82, 2.24) is 10.3 Å². The lowest BCUT2D eigenvalue weighted by Gasteiger charge is -2.16. The van der Waals surface area contributed by atoms with Crippen molar-refractivity contribution in [1.29, 1.82) is 0 Å². The van der Waals surface area contributed by atoms with Crippen LogP contribution in [0.25, 0.3) is 0 Å². The first-order valence-electron chi connectivity index (χ1n) is 6.50. The summed E-state index contributed by atoms with van der Waals surface area (Å²) in [4.78, 5) is 4.34. The summed E-state index contributed by atoms with van der Waals surface area (Å²) in [5.74, 6) is 0. The number of rotatable bonds is 5. The summed E-state index contributed by atoms with van der Waals surface area (Å²) in [6, 6.07) is 8.80. The highest BCUT2D eigenvalue weighted by molar-refractivity contribution is 7.90. The first-order valence-corrected chi connectivity index (χ1v) is 8.77. The van der Waals surface area contributed by atoms with E-state index in [1.54, 1.807) is 30.6 Å². The lowest BCUT2D eigenvalue weighted by atomic mass is 10.1. The number of aromatic nitrogens is 1. The SMILES string of the molecule is C[C@@H](NCc1c(Cl)cccc1S(C)(=O)=O)c1cccnc1. The Morgan fingerprint density at radius 3 is 2.67 bits per heavy atom. The fourth-order valence-electron chi connectivity index (χ4n) is 2.06. The minimum atomic E-state index is -3.31. The van der Waals surface area contributed by atoms with Crippen LogP contribution in [0.4, 0.5) is 0 Å². The Morgan fingerprint density at radius 2 is 2.05 bits per heavy atom. The molecule has 1 N–H and O–H groups in total. The van der Waals surface area contributed by atoms with Crippen LogP contribution in [-0.4, -0.2) is 19.7 Å². The molecule has 112 valence electrons. The monoisotopic (exact) mass is 324 g/mol. The number of pyridine rings is 1. The molecule has 0 unspecified atom stereocenters. The van der Waals surface area contributed by atoms with Gasteiger partial charge in [0.05, 0.1) is 4.90 Å². The molecule has 2 aromatic rings. The Hall–Kier alpha value is -1.43. The zero-order valence-corrected chi connectivity index (χ0v) is 13.4. The van der Waals surface area contributed by atoms with E-state index in [-0.39, 0.29) is 10.9 Å². The number of halogens is 1. The highest BCUT2D eigenvalue weighted by Gasteiger charge is 2.16.